The van der Waals surface area contributed by atoms with E-state index in [1.54, 1.807) is 24.5 Å². The van der Waals surface area contributed by atoms with Crippen molar-refractivity contribution in [3.05, 3.63) is 95.8 Å². The van der Waals surface area contributed by atoms with Gasteiger partial charge in [-0.2, -0.15) is 0 Å². The normalized spacial score (nSPS) is 10.4. The van der Waals surface area contributed by atoms with Crippen molar-refractivity contribution in [3.8, 4) is 11.1 Å². The summed E-state index contributed by atoms with van der Waals surface area (Å²) in [5.74, 6) is 1.16. The maximum Gasteiger partial charge on any atom is 0.324 e. The van der Waals surface area contributed by atoms with Crippen molar-refractivity contribution in [3.63, 3.8) is 0 Å². The van der Waals surface area contributed by atoms with Crippen LogP contribution in [0.5, 0.6) is 0 Å². The van der Waals surface area contributed by atoms with E-state index in [0.29, 0.717) is 16.5 Å². The molecule has 0 fully saturated rings. The molecule has 7 heteroatoms. The van der Waals surface area contributed by atoms with Crippen LogP contribution in [0.4, 0.5) is 27.8 Å². The lowest BCUT2D eigenvalue weighted by Crippen LogP contribution is -2.20. The van der Waals surface area contributed by atoms with Crippen molar-refractivity contribution in [1.29, 1.82) is 0 Å². The van der Waals surface area contributed by atoms with Crippen LogP contribution in [0.2, 0.25) is 5.02 Å². The van der Waals surface area contributed by atoms with Crippen molar-refractivity contribution >= 4 is 40.6 Å². The van der Waals surface area contributed by atoms with Crippen LogP contribution in [-0.2, 0) is 0 Å². The van der Waals surface area contributed by atoms with E-state index < -0.39 is 6.03 Å². The number of carbonyl (C=O) groups excluding carboxylic acids is 1. The number of aromatic nitrogens is 2. The molecule has 0 atom stereocenters. The van der Waals surface area contributed by atoms with Crippen LogP contribution in [0.3, 0.4) is 0 Å². The van der Waals surface area contributed by atoms with Crippen LogP contribution in [-0.4, -0.2) is 16.0 Å². The lowest BCUT2D eigenvalue weighted by Gasteiger charge is -2.11. The second-order valence-corrected chi connectivity index (χ2v) is 7.33. The molecule has 154 valence electrons. The molecule has 31 heavy (non-hydrogen) atoms. The molecule has 0 aliphatic heterocycles. The highest BCUT2D eigenvalue weighted by Gasteiger charge is 2.08. The van der Waals surface area contributed by atoms with Gasteiger partial charge >= 0.3 is 6.03 Å². The first kappa shape index (κ1) is 20.4. The highest BCUT2D eigenvalue weighted by Crippen LogP contribution is 2.25. The third-order valence-electron chi connectivity index (χ3n) is 4.59. The van der Waals surface area contributed by atoms with Gasteiger partial charge in [-0.25, -0.2) is 14.8 Å². The van der Waals surface area contributed by atoms with E-state index in [0.717, 1.165) is 28.2 Å². The zero-order valence-corrected chi connectivity index (χ0v) is 17.5. The number of hydrogen-bond acceptors (Lipinski definition) is 4. The first-order chi connectivity index (χ1) is 15.1. The molecule has 0 spiro atoms. The summed E-state index contributed by atoms with van der Waals surface area (Å²) in [5, 5.41) is 9.40. The van der Waals surface area contributed by atoms with Gasteiger partial charge in [0.1, 0.15) is 11.6 Å². The summed E-state index contributed by atoms with van der Waals surface area (Å²) in [5.41, 5.74) is 4.37. The third kappa shape index (κ3) is 5.38. The van der Waals surface area contributed by atoms with Gasteiger partial charge in [0.05, 0.1) is 0 Å². The van der Waals surface area contributed by atoms with Crippen molar-refractivity contribution in [2.75, 3.05) is 16.0 Å². The fourth-order valence-electron chi connectivity index (χ4n) is 3.03. The Hall–Kier alpha value is -3.90. The standard InChI is InChI=1S/C24H20ClN5O/c1-16-7-8-19(25)15-21(16)29-24(31)30-23-14-18(10-12-27-23)17-9-11-26-22(13-17)28-20-5-3-2-4-6-20/h2-15H,1H3,(H,26,28)(H2,27,29,30,31). The average Bonchev–Trinajstić information content (AvgIpc) is 2.77. The van der Waals surface area contributed by atoms with E-state index in [-0.39, 0.29) is 0 Å². The zero-order valence-electron chi connectivity index (χ0n) is 16.8. The Labute approximate surface area is 185 Å². The lowest BCUT2D eigenvalue weighted by molar-refractivity contribution is 0.262. The van der Waals surface area contributed by atoms with Crippen LogP contribution in [0.15, 0.2) is 85.2 Å². The second kappa shape index (κ2) is 9.28. The molecule has 2 amide bonds. The number of amides is 2. The van der Waals surface area contributed by atoms with E-state index in [1.165, 1.54) is 0 Å². The van der Waals surface area contributed by atoms with E-state index in [2.05, 4.69) is 25.9 Å². The number of benzene rings is 2. The average molecular weight is 430 g/mol. The summed E-state index contributed by atoms with van der Waals surface area (Å²) >= 11 is 6.02. The summed E-state index contributed by atoms with van der Waals surface area (Å²) in [6, 6.07) is 22.3. The van der Waals surface area contributed by atoms with Crippen LogP contribution in [0, 0.1) is 6.92 Å². The van der Waals surface area contributed by atoms with Crippen molar-refractivity contribution < 1.29 is 4.79 Å². The van der Waals surface area contributed by atoms with Crippen molar-refractivity contribution in [2.45, 2.75) is 6.92 Å². The van der Waals surface area contributed by atoms with E-state index >= 15 is 0 Å². The number of pyridine rings is 2. The van der Waals surface area contributed by atoms with E-state index in [4.69, 9.17) is 11.6 Å². The Morgan fingerprint density at radius 2 is 1.48 bits per heavy atom. The number of hydrogen-bond donors (Lipinski definition) is 3. The van der Waals surface area contributed by atoms with Gasteiger partial charge < -0.3 is 10.6 Å². The monoisotopic (exact) mass is 429 g/mol. The maximum absolute atomic E-state index is 12.4. The molecule has 3 N–H and O–H groups in total. The summed E-state index contributed by atoms with van der Waals surface area (Å²) in [4.78, 5) is 21.0. The number of para-hydroxylation sites is 1. The van der Waals surface area contributed by atoms with Crippen molar-refractivity contribution in [1.82, 2.24) is 9.97 Å². The number of nitrogens with zero attached hydrogens (tertiary/aromatic N) is 2. The molecule has 0 bridgehead atoms. The van der Waals surface area contributed by atoms with Crippen LogP contribution in [0.1, 0.15) is 5.56 Å². The zero-order chi connectivity index (χ0) is 21.6. The molecular formula is C24H20ClN5O. The van der Waals surface area contributed by atoms with Gasteiger partial charge in [-0.05, 0) is 72.1 Å². The largest absolute Gasteiger partial charge is 0.340 e. The minimum absolute atomic E-state index is 0.392. The van der Waals surface area contributed by atoms with Crippen LogP contribution in [0.25, 0.3) is 11.1 Å². The molecule has 2 aromatic carbocycles. The molecule has 4 aromatic rings. The van der Waals surface area contributed by atoms with Crippen molar-refractivity contribution in [2.24, 2.45) is 0 Å². The van der Waals surface area contributed by atoms with Crippen LogP contribution < -0.4 is 16.0 Å². The molecule has 0 saturated heterocycles. The third-order valence-corrected chi connectivity index (χ3v) is 4.82. The summed E-state index contributed by atoms with van der Waals surface area (Å²) in [6.07, 6.45) is 3.39. The quantitative estimate of drug-likeness (QED) is 0.338. The minimum Gasteiger partial charge on any atom is -0.340 e. The smallest absolute Gasteiger partial charge is 0.324 e. The lowest BCUT2D eigenvalue weighted by atomic mass is 10.1. The second-order valence-electron chi connectivity index (χ2n) is 6.89. The summed E-state index contributed by atoms with van der Waals surface area (Å²) < 4.78 is 0. The van der Waals surface area contributed by atoms with E-state index in [9.17, 15) is 4.79 Å². The van der Waals surface area contributed by atoms with Gasteiger partial charge in [0.15, 0.2) is 0 Å². The number of urea groups is 1. The Morgan fingerprint density at radius 3 is 2.23 bits per heavy atom. The first-order valence-electron chi connectivity index (χ1n) is 9.65. The number of anilines is 4. The molecule has 2 aromatic heterocycles. The topological polar surface area (TPSA) is 78.9 Å². The number of nitrogens with one attached hydrogen (secondary N) is 3. The molecule has 0 radical (unpaired) electrons. The van der Waals surface area contributed by atoms with Gasteiger partial charge in [0, 0.05) is 28.8 Å². The Morgan fingerprint density at radius 1 is 0.806 bits per heavy atom. The summed E-state index contributed by atoms with van der Waals surface area (Å²) in [6.45, 7) is 1.90. The van der Waals surface area contributed by atoms with Gasteiger partial charge in [-0.3, -0.25) is 5.32 Å². The SMILES string of the molecule is Cc1ccc(Cl)cc1NC(=O)Nc1cc(-c2ccnc(Nc3ccccc3)c2)ccn1. The highest BCUT2D eigenvalue weighted by molar-refractivity contribution is 6.31. The first-order valence-corrected chi connectivity index (χ1v) is 10.0. The van der Waals surface area contributed by atoms with E-state index in [1.807, 2.05) is 67.6 Å². The highest BCUT2D eigenvalue weighted by atomic mass is 35.5. The van der Waals surface area contributed by atoms with Crippen LogP contribution >= 0.6 is 11.6 Å². The Balaban J connectivity index is 1.49. The van der Waals surface area contributed by atoms with Gasteiger partial charge in [-0.15, -0.1) is 0 Å². The number of rotatable bonds is 5. The molecule has 6 nitrogen and oxygen atoms in total. The molecule has 0 aliphatic rings. The molecule has 4 rings (SSSR count). The summed E-state index contributed by atoms with van der Waals surface area (Å²) in [7, 11) is 0. The Bertz CT molecular complexity index is 1210. The predicted octanol–water partition coefficient (Wildman–Crippen LogP) is 6.49. The van der Waals surface area contributed by atoms with Gasteiger partial charge in [0.2, 0.25) is 0 Å². The molecule has 0 unspecified atom stereocenters. The Kier molecular flexibility index (Phi) is 6.10. The molecule has 0 saturated carbocycles. The molecule has 2 heterocycles. The molecular weight excluding hydrogens is 410 g/mol. The minimum atomic E-state index is -0.392. The number of halogens is 1. The number of carbonyl (C=O) groups is 1. The molecule has 0 aliphatic carbocycles. The fourth-order valence-corrected chi connectivity index (χ4v) is 3.20. The van der Waals surface area contributed by atoms with Gasteiger partial charge in [0.25, 0.3) is 0 Å². The number of aryl methyl sites for hydroxylation is 1. The predicted molar refractivity (Wildman–Crippen MR) is 126 cm³/mol. The fraction of sp³-hybridized carbons (Fsp3) is 0.0417. The van der Waals surface area contributed by atoms with Gasteiger partial charge in [-0.1, -0.05) is 35.9 Å². The maximum atomic E-state index is 12.4.